The Morgan fingerprint density at radius 2 is 1.69 bits per heavy atom. The highest BCUT2D eigenvalue weighted by Gasteiger charge is 2.36. The van der Waals surface area contributed by atoms with Crippen molar-refractivity contribution in [1.82, 2.24) is 15.1 Å². The molecule has 3 rings (SSSR count). The van der Waals surface area contributed by atoms with Crippen molar-refractivity contribution in [2.24, 2.45) is 5.92 Å². The smallest absolute Gasteiger partial charge is 0.245 e. The van der Waals surface area contributed by atoms with Gasteiger partial charge in [-0.2, -0.15) is 0 Å². The molecule has 1 aromatic rings. The van der Waals surface area contributed by atoms with Gasteiger partial charge in [-0.15, -0.1) is 0 Å². The average molecular weight is 444 g/mol. The van der Waals surface area contributed by atoms with Crippen LogP contribution in [0.4, 0.5) is 0 Å². The summed E-state index contributed by atoms with van der Waals surface area (Å²) in [6, 6.07) is 5.65. The fourth-order valence-corrected chi connectivity index (χ4v) is 4.65. The molecule has 3 amide bonds. The van der Waals surface area contributed by atoms with E-state index in [0.717, 1.165) is 24.8 Å². The molecular formula is C24H33N3O5. The summed E-state index contributed by atoms with van der Waals surface area (Å²) >= 11 is 0. The first kappa shape index (κ1) is 23.8. The third-order valence-corrected chi connectivity index (χ3v) is 6.54. The average Bonchev–Trinajstić information content (AvgIpc) is 3.25. The van der Waals surface area contributed by atoms with Gasteiger partial charge in [-0.3, -0.25) is 19.2 Å². The van der Waals surface area contributed by atoms with Crippen molar-refractivity contribution >= 4 is 23.5 Å². The van der Waals surface area contributed by atoms with Crippen LogP contribution in [0.15, 0.2) is 24.3 Å². The SMILES string of the molecule is CC(=O)[C@H](Cc1ccc(O)cc1)NC(=O)CC1CCN(C(=O)[C@@H]2CCCN2C(C)=O)CC1. The van der Waals surface area contributed by atoms with Crippen molar-refractivity contribution in [3.63, 3.8) is 0 Å². The number of carbonyl (C=O) groups excluding carboxylic acids is 4. The molecule has 2 heterocycles. The van der Waals surface area contributed by atoms with Crippen LogP contribution in [0.1, 0.15) is 51.5 Å². The van der Waals surface area contributed by atoms with Gasteiger partial charge < -0.3 is 20.2 Å². The van der Waals surface area contributed by atoms with E-state index in [-0.39, 0.29) is 41.2 Å². The number of aromatic hydroxyl groups is 1. The summed E-state index contributed by atoms with van der Waals surface area (Å²) < 4.78 is 0. The van der Waals surface area contributed by atoms with Crippen LogP contribution in [0.25, 0.3) is 0 Å². The highest BCUT2D eigenvalue weighted by Crippen LogP contribution is 2.25. The summed E-state index contributed by atoms with van der Waals surface area (Å²) in [4.78, 5) is 52.7. The Bertz CT molecular complexity index is 846. The molecule has 0 radical (unpaired) electrons. The van der Waals surface area contributed by atoms with E-state index in [2.05, 4.69) is 5.32 Å². The molecule has 174 valence electrons. The third-order valence-electron chi connectivity index (χ3n) is 6.54. The predicted octanol–water partition coefficient (Wildman–Crippen LogP) is 1.65. The van der Waals surface area contributed by atoms with Crippen molar-refractivity contribution in [1.29, 1.82) is 0 Å². The molecule has 2 N–H and O–H groups in total. The quantitative estimate of drug-likeness (QED) is 0.666. The molecule has 0 bridgehead atoms. The number of rotatable bonds is 7. The summed E-state index contributed by atoms with van der Waals surface area (Å²) in [5, 5.41) is 12.2. The maximum Gasteiger partial charge on any atom is 0.245 e. The first-order chi connectivity index (χ1) is 15.2. The molecule has 0 aromatic heterocycles. The van der Waals surface area contributed by atoms with Gasteiger partial charge in [-0.05, 0) is 62.6 Å². The van der Waals surface area contributed by atoms with Crippen molar-refractivity contribution < 1.29 is 24.3 Å². The topological polar surface area (TPSA) is 107 Å². The molecule has 0 aliphatic carbocycles. The van der Waals surface area contributed by atoms with Crippen molar-refractivity contribution in [2.75, 3.05) is 19.6 Å². The fraction of sp³-hybridized carbons (Fsp3) is 0.583. The number of benzene rings is 1. The molecule has 0 unspecified atom stereocenters. The second-order valence-electron chi connectivity index (χ2n) is 8.94. The van der Waals surface area contributed by atoms with Crippen LogP contribution in [0.2, 0.25) is 0 Å². The maximum absolute atomic E-state index is 12.9. The summed E-state index contributed by atoms with van der Waals surface area (Å²) in [5.74, 6) is 0.00773. The van der Waals surface area contributed by atoms with Crippen LogP contribution < -0.4 is 5.32 Å². The molecule has 2 atom stereocenters. The van der Waals surface area contributed by atoms with Gasteiger partial charge in [0.1, 0.15) is 11.8 Å². The molecule has 2 saturated heterocycles. The molecule has 32 heavy (non-hydrogen) atoms. The van der Waals surface area contributed by atoms with E-state index in [0.29, 0.717) is 38.9 Å². The Morgan fingerprint density at radius 1 is 1.03 bits per heavy atom. The second-order valence-corrected chi connectivity index (χ2v) is 8.94. The summed E-state index contributed by atoms with van der Waals surface area (Å²) in [6.07, 6.45) is 3.73. The molecule has 2 aliphatic rings. The van der Waals surface area contributed by atoms with Crippen LogP contribution in [0, 0.1) is 5.92 Å². The zero-order chi connectivity index (χ0) is 23.3. The third kappa shape index (κ3) is 6.08. The lowest BCUT2D eigenvalue weighted by molar-refractivity contribution is -0.143. The number of likely N-dealkylation sites (tertiary alicyclic amines) is 2. The number of hydrogen-bond donors (Lipinski definition) is 2. The second kappa shape index (κ2) is 10.6. The van der Waals surface area contributed by atoms with Gasteiger partial charge in [0, 0.05) is 33.0 Å². The highest BCUT2D eigenvalue weighted by molar-refractivity contribution is 5.88. The Labute approximate surface area is 188 Å². The van der Waals surface area contributed by atoms with Crippen molar-refractivity contribution in [3.05, 3.63) is 29.8 Å². The van der Waals surface area contributed by atoms with E-state index in [1.165, 1.54) is 13.8 Å². The summed E-state index contributed by atoms with van der Waals surface area (Å²) in [5.41, 5.74) is 0.863. The van der Waals surface area contributed by atoms with Crippen LogP contribution in [0.5, 0.6) is 5.75 Å². The number of nitrogens with one attached hydrogen (secondary N) is 1. The van der Waals surface area contributed by atoms with Gasteiger partial charge in [-0.25, -0.2) is 0 Å². The van der Waals surface area contributed by atoms with Gasteiger partial charge in [0.2, 0.25) is 17.7 Å². The number of Topliss-reactive ketones (excluding diaryl/α,β-unsaturated/α-hetero) is 1. The lowest BCUT2D eigenvalue weighted by Crippen LogP contribution is -2.50. The van der Waals surface area contributed by atoms with E-state index >= 15 is 0 Å². The molecule has 0 spiro atoms. The first-order valence-electron chi connectivity index (χ1n) is 11.4. The summed E-state index contributed by atoms with van der Waals surface area (Å²) in [6.45, 7) is 4.78. The van der Waals surface area contributed by atoms with E-state index in [9.17, 15) is 24.3 Å². The first-order valence-corrected chi connectivity index (χ1v) is 11.4. The zero-order valence-electron chi connectivity index (χ0n) is 18.9. The number of nitrogens with zero attached hydrogens (tertiary/aromatic N) is 2. The number of phenols is 1. The minimum absolute atomic E-state index is 0.0196. The fourth-order valence-electron chi connectivity index (χ4n) is 4.65. The van der Waals surface area contributed by atoms with E-state index in [4.69, 9.17) is 0 Å². The highest BCUT2D eigenvalue weighted by atomic mass is 16.3. The lowest BCUT2D eigenvalue weighted by Gasteiger charge is -2.35. The molecular weight excluding hydrogens is 410 g/mol. The van der Waals surface area contributed by atoms with Crippen LogP contribution in [-0.4, -0.2) is 70.1 Å². The van der Waals surface area contributed by atoms with Gasteiger partial charge in [0.05, 0.1) is 6.04 Å². The van der Waals surface area contributed by atoms with E-state index < -0.39 is 6.04 Å². The van der Waals surface area contributed by atoms with Crippen molar-refractivity contribution in [3.8, 4) is 5.75 Å². The molecule has 8 nitrogen and oxygen atoms in total. The van der Waals surface area contributed by atoms with Crippen LogP contribution >= 0.6 is 0 Å². The number of phenolic OH excluding ortho intramolecular Hbond substituents is 1. The van der Waals surface area contributed by atoms with Gasteiger partial charge in [0.25, 0.3) is 0 Å². The standard InChI is InChI=1S/C24H33N3O5/c1-16(28)21(14-18-5-7-20(30)8-6-18)25-23(31)15-19-9-12-26(13-10-19)24(32)22-4-3-11-27(22)17(2)29/h5-8,19,21-22,30H,3-4,9-15H2,1-2H3,(H,25,31)/t21-,22-/m0/s1. The Hall–Kier alpha value is -2.90. The minimum atomic E-state index is -0.603. The molecule has 2 aliphatic heterocycles. The molecule has 1 aromatic carbocycles. The summed E-state index contributed by atoms with van der Waals surface area (Å²) in [7, 11) is 0. The number of carbonyl (C=O) groups is 4. The molecule has 0 saturated carbocycles. The normalized spacial score (nSPS) is 20.1. The van der Waals surface area contributed by atoms with Gasteiger partial charge in [-0.1, -0.05) is 12.1 Å². The number of hydrogen-bond acceptors (Lipinski definition) is 5. The molecule has 8 heteroatoms. The van der Waals surface area contributed by atoms with E-state index in [1.54, 1.807) is 29.2 Å². The minimum Gasteiger partial charge on any atom is -0.508 e. The zero-order valence-corrected chi connectivity index (χ0v) is 18.9. The maximum atomic E-state index is 12.9. The van der Waals surface area contributed by atoms with Gasteiger partial charge >= 0.3 is 0 Å². The largest absolute Gasteiger partial charge is 0.508 e. The predicted molar refractivity (Wildman–Crippen MR) is 119 cm³/mol. The number of ketones is 1. The van der Waals surface area contributed by atoms with Crippen LogP contribution in [0.3, 0.4) is 0 Å². The molecule has 2 fully saturated rings. The monoisotopic (exact) mass is 443 g/mol. The van der Waals surface area contributed by atoms with E-state index in [1.807, 2.05) is 4.90 Å². The lowest BCUT2D eigenvalue weighted by atomic mass is 9.92. The number of piperidine rings is 1. The Balaban J connectivity index is 1.47. The number of amides is 3. The Kier molecular flexibility index (Phi) is 7.88. The van der Waals surface area contributed by atoms with Gasteiger partial charge in [0.15, 0.2) is 5.78 Å². The Morgan fingerprint density at radius 3 is 2.28 bits per heavy atom. The van der Waals surface area contributed by atoms with Crippen LogP contribution in [-0.2, 0) is 25.6 Å². The van der Waals surface area contributed by atoms with Crippen molar-refractivity contribution in [2.45, 2.75) is 64.5 Å².